The number of nitriles is 1. The van der Waals surface area contributed by atoms with Crippen LogP contribution >= 0.6 is 0 Å². The minimum absolute atomic E-state index is 0.0361. The third-order valence-electron chi connectivity index (χ3n) is 4.01. The van der Waals surface area contributed by atoms with Crippen molar-refractivity contribution in [3.05, 3.63) is 58.2 Å². The summed E-state index contributed by atoms with van der Waals surface area (Å²) in [6.45, 7) is 5.60. The van der Waals surface area contributed by atoms with Gasteiger partial charge in [-0.3, -0.25) is 4.79 Å². The largest absolute Gasteiger partial charge is 0.466 e. The Labute approximate surface area is 158 Å². The molecule has 27 heavy (non-hydrogen) atoms. The lowest BCUT2D eigenvalue weighted by Gasteiger charge is -2.28. The van der Waals surface area contributed by atoms with Gasteiger partial charge in [-0.2, -0.15) is 5.26 Å². The van der Waals surface area contributed by atoms with Crippen molar-refractivity contribution < 1.29 is 23.8 Å². The molecule has 0 amide bonds. The second-order valence-corrected chi connectivity index (χ2v) is 5.87. The molecule has 2 N–H and O–H groups in total. The Kier molecular flexibility index (Phi) is 6.61. The summed E-state index contributed by atoms with van der Waals surface area (Å²) in [5.74, 6) is -2.12. The van der Waals surface area contributed by atoms with Crippen LogP contribution in [0.2, 0.25) is 0 Å². The molecule has 7 heteroatoms. The van der Waals surface area contributed by atoms with Gasteiger partial charge in [-0.1, -0.05) is 29.8 Å². The molecule has 7 nitrogen and oxygen atoms in total. The first-order chi connectivity index (χ1) is 12.9. The second-order valence-electron chi connectivity index (χ2n) is 5.87. The van der Waals surface area contributed by atoms with Crippen LogP contribution in [0.3, 0.4) is 0 Å². The van der Waals surface area contributed by atoms with Crippen molar-refractivity contribution in [3.8, 4) is 6.07 Å². The molecule has 0 aromatic heterocycles. The van der Waals surface area contributed by atoms with Crippen LogP contribution in [0.5, 0.6) is 0 Å². The molecule has 1 aliphatic heterocycles. The molecule has 1 heterocycles. The fraction of sp³-hybridized carbons (Fsp3) is 0.350. The van der Waals surface area contributed by atoms with E-state index in [4.69, 9.17) is 19.9 Å². The van der Waals surface area contributed by atoms with Gasteiger partial charge in [0.2, 0.25) is 5.88 Å². The number of carbonyl (C=O) groups excluding carboxylic acids is 2. The zero-order valence-electron chi connectivity index (χ0n) is 15.6. The van der Waals surface area contributed by atoms with Crippen molar-refractivity contribution in [3.63, 3.8) is 0 Å². The number of hydrogen-bond acceptors (Lipinski definition) is 7. The molecule has 1 atom stereocenters. The second kappa shape index (κ2) is 8.90. The lowest BCUT2D eigenvalue weighted by molar-refractivity contribution is -0.143. The van der Waals surface area contributed by atoms with Crippen LogP contribution in [0, 0.1) is 18.3 Å². The number of esters is 2. The minimum Gasteiger partial charge on any atom is -0.466 e. The van der Waals surface area contributed by atoms with E-state index < -0.39 is 17.9 Å². The van der Waals surface area contributed by atoms with E-state index in [0.717, 1.165) is 5.56 Å². The van der Waals surface area contributed by atoms with Crippen molar-refractivity contribution in [2.24, 2.45) is 5.73 Å². The first kappa shape index (κ1) is 20.0. The standard InChI is InChI=1S/C20H22N2O5/c1-4-25-16(23)10-15-18(20(24)26-5-2)17(14(11-21)19(22)27-15)13-8-6-12(3)7-9-13/h6-9,17H,4-5,10,22H2,1-3H3/t17-/m0/s1. The topological polar surface area (TPSA) is 112 Å². The number of nitrogens with two attached hydrogens (primary N) is 1. The highest BCUT2D eigenvalue weighted by atomic mass is 16.5. The van der Waals surface area contributed by atoms with Gasteiger partial charge in [0, 0.05) is 0 Å². The van der Waals surface area contributed by atoms with Crippen LogP contribution in [-0.4, -0.2) is 25.2 Å². The van der Waals surface area contributed by atoms with Crippen LogP contribution in [0.25, 0.3) is 0 Å². The van der Waals surface area contributed by atoms with E-state index in [2.05, 4.69) is 0 Å². The van der Waals surface area contributed by atoms with Crippen molar-refractivity contribution in [2.45, 2.75) is 33.1 Å². The summed E-state index contributed by atoms with van der Waals surface area (Å²) in [6, 6.07) is 9.35. The molecule has 1 aliphatic rings. The van der Waals surface area contributed by atoms with Gasteiger partial charge in [0.25, 0.3) is 0 Å². The van der Waals surface area contributed by atoms with Crippen LogP contribution in [0.4, 0.5) is 0 Å². The van der Waals surface area contributed by atoms with Crippen LogP contribution in [0.1, 0.15) is 37.3 Å². The van der Waals surface area contributed by atoms with Crippen molar-refractivity contribution in [2.75, 3.05) is 13.2 Å². The number of hydrogen-bond donors (Lipinski definition) is 1. The van der Waals surface area contributed by atoms with Gasteiger partial charge in [0.15, 0.2) is 0 Å². The van der Waals surface area contributed by atoms with E-state index in [0.29, 0.717) is 5.56 Å². The number of allylic oxidation sites excluding steroid dienone is 1. The fourth-order valence-electron chi connectivity index (χ4n) is 2.82. The molecule has 0 bridgehead atoms. The highest BCUT2D eigenvalue weighted by molar-refractivity contribution is 5.93. The molecule has 142 valence electrons. The summed E-state index contributed by atoms with van der Waals surface area (Å²) in [7, 11) is 0. The van der Waals surface area contributed by atoms with Gasteiger partial charge in [0.1, 0.15) is 23.8 Å². The molecule has 0 fully saturated rings. The van der Waals surface area contributed by atoms with Gasteiger partial charge in [-0.25, -0.2) is 4.79 Å². The maximum atomic E-state index is 12.7. The SMILES string of the molecule is CCOC(=O)CC1=C(C(=O)OCC)[C@@H](c2ccc(C)cc2)C(C#N)=C(N)O1. The zero-order chi connectivity index (χ0) is 20.0. The van der Waals surface area contributed by atoms with E-state index in [-0.39, 0.29) is 42.4 Å². The smallest absolute Gasteiger partial charge is 0.338 e. The Hall–Kier alpha value is -3.27. The Balaban J connectivity index is 2.62. The third-order valence-corrected chi connectivity index (χ3v) is 4.01. The fourth-order valence-corrected chi connectivity index (χ4v) is 2.82. The van der Waals surface area contributed by atoms with Gasteiger partial charge in [-0.05, 0) is 26.3 Å². The zero-order valence-corrected chi connectivity index (χ0v) is 15.6. The number of nitrogens with zero attached hydrogens (tertiary/aromatic N) is 1. The number of ether oxygens (including phenoxy) is 3. The number of aryl methyl sites for hydroxylation is 1. The number of rotatable bonds is 6. The molecular formula is C20H22N2O5. The Morgan fingerprint density at radius 2 is 1.81 bits per heavy atom. The molecule has 2 rings (SSSR count). The van der Waals surface area contributed by atoms with E-state index in [1.165, 1.54) is 0 Å². The Morgan fingerprint density at radius 3 is 2.37 bits per heavy atom. The van der Waals surface area contributed by atoms with E-state index >= 15 is 0 Å². The molecule has 1 aromatic rings. The van der Waals surface area contributed by atoms with Gasteiger partial charge < -0.3 is 19.9 Å². The monoisotopic (exact) mass is 370 g/mol. The summed E-state index contributed by atoms with van der Waals surface area (Å²) >= 11 is 0. The van der Waals surface area contributed by atoms with Gasteiger partial charge in [-0.15, -0.1) is 0 Å². The van der Waals surface area contributed by atoms with Crippen LogP contribution < -0.4 is 5.73 Å². The quantitative estimate of drug-likeness (QED) is 0.766. The lowest BCUT2D eigenvalue weighted by Crippen LogP contribution is -2.27. The molecular weight excluding hydrogens is 348 g/mol. The van der Waals surface area contributed by atoms with Crippen LogP contribution in [-0.2, 0) is 23.8 Å². The summed E-state index contributed by atoms with van der Waals surface area (Å²) < 4.78 is 15.6. The van der Waals surface area contributed by atoms with Crippen molar-refractivity contribution >= 4 is 11.9 Å². The van der Waals surface area contributed by atoms with E-state index in [1.54, 1.807) is 26.0 Å². The highest BCUT2D eigenvalue weighted by Gasteiger charge is 2.38. The predicted molar refractivity (Wildman–Crippen MR) is 96.7 cm³/mol. The average molecular weight is 370 g/mol. The summed E-state index contributed by atoms with van der Waals surface area (Å²) in [6.07, 6.45) is -0.288. The number of carbonyl (C=O) groups is 2. The van der Waals surface area contributed by atoms with Gasteiger partial charge in [0.05, 0.1) is 24.7 Å². The predicted octanol–water partition coefficient (Wildman–Crippen LogP) is 2.57. The molecule has 0 radical (unpaired) electrons. The molecule has 0 unspecified atom stereocenters. The molecule has 0 spiro atoms. The summed E-state index contributed by atoms with van der Waals surface area (Å²) in [5.41, 5.74) is 7.79. The Morgan fingerprint density at radius 1 is 1.19 bits per heavy atom. The van der Waals surface area contributed by atoms with Crippen LogP contribution in [0.15, 0.2) is 47.1 Å². The average Bonchev–Trinajstić information content (AvgIpc) is 2.62. The molecule has 0 aliphatic carbocycles. The maximum absolute atomic E-state index is 12.7. The highest BCUT2D eigenvalue weighted by Crippen LogP contribution is 2.40. The van der Waals surface area contributed by atoms with E-state index in [1.807, 2.05) is 25.1 Å². The number of benzene rings is 1. The lowest BCUT2D eigenvalue weighted by atomic mass is 9.82. The maximum Gasteiger partial charge on any atom is 0.338 e. The normalized spacial score (nSPS) is 16.4. The van der Waals surface area contributed by atoms with Crippen molar-refractivity contribution in [1.29, 1.82) is 5.26 Å². The van der Waals surface area contributed by atoms with E-state index in [9.17, 15) is 14.9 Å². The summed E-state index contributed by atoms with van der Waals surface area (Å²) in [5, 5.41) is 9.60. The first-order valence-corrected chi connectivity index (χ1v) is 8.62. The molecule has 0 saturated heterocycles. The third kappa shape index (κ3) is 4.47. The summed E-state index contributed by atoms with van der Waals surface area (Å²) in [4.78, 5) is 24.7. The molecule has 1 aromatic carbocycles. The molecule has 0 saturated carbocycles. The Bertz CT molecular complexity index is 831. The first-order valence-electron chi connectivity index (χ1n) is 8.62. The van der Waals surface area contributed by atoms with Gasteiger partial charge >= 0.3 is 11.9 Å². The van der Waals surface area contributed by atoms with Crippen molar-refractivity contribution in [1.82, 2.24) is 0 Å². The minimum atomic E-state index is -0.784.